The largest absolute Gasteiger partial charge is 0.398 e. The molecule has 1 heterocycles. The van der Waals surface area contributed by atoms with Crippen molar-refractivity contribution in [1.82, 2.24) is 4.90 Å². The highest BCUT2D eigenvalue weighted by atomic mass is 16.1. The Labute approximate surface area is 109 Å². The molecule has 0 spiro atoms. The molecule has 1 saturated heterocycles. The number of nitrogens with two attached hydrogens (primary N) is 1. The number of nitrogens with zero attached hydrogens (tertiary/aromatic N) is 1. The lowest BCUT2D eigenvalue weighted by atomic mass is 9.98. The second-order valence-electron chi connectivity index (χ2n) is 5.14. The summed E-state index contributed by atoms with van der Waals surface area (Å²) in [6, 6.07) is 6.38. The standard InChI is InChI=1S/C15H22N2O/c1-2-14-4-3-13(9-15(14)16)10-17-7-5-12(11-18)6-8-17/h3-4,9,11-12H,2,5-8,10,16H2,1H3. The fourth-order valence-corrected chi connectivity index (χ4v) is 2.57. The first-order valence-corrected chi connectivity index (χ1v) is 6.78. The van der Waals surface area contributed by atoms with Gasteiger partial charge in [-0.15, -0.1) is 0 Å². The Morgan fingerprint density at radius 3 is 2.67 bits per heavy atom. The molecule has 0 radical (unpaired) electrons. The van der Waals surface area contributed by atoms with Crippen LogP contribution in [0.4, 0.5) is 5.69 Å². The molecular formula is C15H22N2O. The number of piperidine rings is 1. The van der Waals surface area contributed by atoms with Crippen molar-refractivity contribution < 1.29 is 4.79 Å². The minimum atomic E-state index is 0.272. The number of hydrogen-bond donors (Lipinski definition) is 1. The van der Waals surface area contributed by atoms with E-state index in [-0.39, 0.29) is 5.92 Å². The minimum absolute atomic E-state index is 0.272. The summed E-state index contributed by atoms with van der Waals surface area (Å²) in [5.41, 5.74) is 9.41. The number of carbonyl (C=O) groups excluding carboxylic acids is 1. The van der Waals surface area contributed by atoms with E-state index in [9.17, 15) is 4.79 Å². The lowest BCUT2D eigenvalue weighted by molar-refractivity contribution is -0.112. The third kappa shape index (κ3) is 3.10. The van der Waals surface area contributed by atoms with Gasteiger partial charge in [0.2, 0.25) is 0 Å². The first-order chi connectivity index (χ1) is 8.72. The Hall–Kier alpha value is -1.35. The van der Waals surface area contributed by atoms with Crippen molar-refractivity contribution in [1.29, 1.82) is 0 Å². The molecule has 0 aromatic heterocycles. The van der Waals surface area contributed by atoms with Crippen molar-refractivity contribution in [2.24, 2.45) is 5.92 Å². The lowest BCUT2D eigenvalue weighted by Crippen LogP contribution is -2.33. The highest BCUT2D eigenvalue weighted by molar-refractivity contribution is 5.53. The summed E-state index contributed by atoms with van der Waals surface area (Å²) in [5.74, 6) is 0.272. The Morgan fingerprint density at radius 2 is 2.11 bits per heavy atom. The molecule has 1 aromatic rings. The molecule has 3 heteroatoms. The van der Waals surface area contributed by atoms with Gasteiger partial charge in [0.05, 0.1) is 0 Å². The van der Waals surface area contributed by atoms with E-state index in [1.54, 1.807) is 0 Å². The van der Waals surface area contributed by atoms with Crippen LogP contribution in [0, 0.1) is 5.92 Å². The highest BCUT2D eigenvalue weighted by Gasteiger charge is 2.18. The maximum atomic E-state index is 10.7. The molecule has 0 atom stereocenters. The quantitative estimate of drug-likeness (QED) is 0.654. The van der Waals surface area contributed by atoms with Crippen LogP contribution in [0.25, 0.3) is 0 Å². The average Bonchev–Trinajstić information content (AvgIpc) is 2.40. The number of hydrogen-bond acceptors (Lipinski definition) is 3. The molecular weight excluding hydrogens is 224 g/mol. The van der Waals surface area contributed by atoms with Crippen molar-refractivity contribution in [2.45, 2.75) is 32.7 Å². The number of nitrogen functional groups attached to an aromatic ring is 1. The van der Waals surface area contributed by atoms with Gasteiger partial charge in [0.15, 0.2) is 0 Å². The van der Waals surface area contributed by atoms with Gasteiger partial charge >= 0.3 is 0 Å². The Balaban J connectivity index is 1.94. The normalized spacial score (nSPS) is 17.8. The maximum absolute atomic E-state index is 10.7. The molecule has 18 heavy (non-hydrogen) atoms. The van der Waals surface area contributed by atoms with Crippen LogP contribution in [0.5, 0.6) is 0 Å². The van der Waals surface area contributed by atoms with E-state index in [2.05, 4.69) is 30.0 Å². The fourth-order valence-electron chi connectivity index (χ4n) is 2.57. The van der Waals surface area contributed by atoms with Crippen LogP contribution in [0.3, 0.4) is 0 Å². The van der Waals surface area contributed by atoms with E-state index >= 15 is 0 Å². The number of aryl methyl sites for hydroxylation is 1. The van der Waals surface area contributed by atoms with Gasteiger partial charge in [-0.1, -0.05) is 19.1 Å². The van der Waals surface area contributed by atoms with Crippen LogP contribution < -0.4 is 5.73 Å². The Bertz CT molecular complexity index is 409. The van der Waals surface area contributed by atoms with Crippen LogP contribution in [0.2, 0.25) is 0 Å². The van der Waals surface area contributed by atoms with Gasteiger partial charge in [-0.2, -0.15) is 0 Å². The number of anilines is 1. The molecule has 3 nitrogen and oxygen atoms in total. The van der Waals surface area contributed by atoms with Crippen LogP contribution in [-0.2, 0) is 17.8 Å². The third-order valence-corrected chi connectivity index (χ3v) is 3.82. The van der Waals surface area contributed by atoms with Crippen LogP contribution in [0.15, 0.2) is 18.2 Å². The summed E-state index contributed by atoms with van der Waals surface area (Å²) in [5, 5.41) is 0. The number of likely N-dealkylation sites (tertiary alicyclic amines) is 1. The van der Waals surface area contributed by atoms with E-state index in [0.29, 0.717) is 0 Å². The summed E-state index contributed by atoms with van der Waals surface area (Å²) in [7, 11) is 0. The third-order valence-electron chi connectivity index (χ3n) is 3.82. The molecule has 0 amide bonds. The van der Waals surface area contributed by atoms with E-state index in [0.717, 1.165) is 50.9 Å². The van der Waals surface area contributed by atoms with Gasteiger partial charge in [-0.05, 0) is 49.5 Å². The minimum Gasteiger partial charge on any atom is -0.398 e. The van der Waals surface area contributed by atoms with Gasteiger partial charge in [0.25, 0.3) is 0 Å². The summed E-state index contributed by atoms with van der Waals surface area (Å²) < 4.78 is 0. The number of rotatable bonds is 4. The smallest absolute Gasteiger partial charge is 0.123 e. The highest BCUT2D eigenvalue weighted by Crippen LogP contribution is 2.20. The SMILES string of the molecule is CCc1ccc(CN2CCC(C=O)CC2)cc1N. The molecule has 0 unspecified atom stereocenters. The fraction of sp³-hybridized carbons (Fsp3) is 0.533. The first-order valence-electron chi connectivity index (χ1n) is 6.78. The predicted molar refractivity (Wildman–Crippen MR) is 74.3 cm³/mol. The first kappa shape index (κ1) is 13.1. The van der Waals surface area contributed by atoms with Crippen LogP contribution >= 0.6 is 0 Å². The molecule has 1 fully saturated rings. The Morgan fingerprint density at radius 1 is 1.39 bits per heavy atom. The topological polar surface area (TPSA) is 46.3 Å². The molecule has 1 aliphatic rings. The summed E-state index contributed by atoms with van der Waals surface area (Å²) in [6.07, 6.45) is 4.07. The maximum Gasteiger partial charge on any atom is 0.123 e. The second-order valence-corrected chi connectivity index (χ2v) is 5.14. The van der Waals surface area contributed by atoms with Gasteiger partial charge in [0.1, 0.15) is 6.29 Å². The zero-order valence-electron chi connectivity index (χ0n) is 11.1. The van der Waals surface area contributed by atoms with Crippen LogP contribution in [-0.4, -0.2) is 24.3 Å². The van der Waals surface area contributed by atoms with E-state index in [4.69, 9.17) is 5.73 Å². The van der Waals surface area contributed by atoms with Gasteiger partial charge in [-0.3, -0.25) is 4.90 Å². The molecule has 0 aliphatic carbocycles. The monoisotopic (exact) mass is 246 g/mol. The van der Waals surface area contributed by atoms with Crippen molar-refractivity contribution in [3.8, 4) is 0 Å². The summed E-state index contributed by atoms with van der Waals surface area (Å²) >= 11 is 0. The van der Waals surface area contributed by atoms with Crippen molar-refractivity contribution in [2.75, 3.05) is 18.8 Å². The molecule has 2 N–H and O–H groups in total. The molecule has 2 rings (SSSR count). The van der Waals surface area contributed by atoms with E-state index in [1.165, 1.54) is 11.1 Å². The Kier molecular flexibility index (Phi) is 4.37. The second kappa shape index (κ2) is 6.01. The molecule has 1 aliphatic heterocycles. The lowest BCUT2D eigenvalue weighted by Gasteiger charge is -2.29. The predicted octanol–water partition coefficient (Wildman–Crippen LogP) is 2.24. The zero-order valence-corrected chi connectivity index (χ0v) is 11.1. The van der Waals surface area contributed by atoms with Crippen molar-refractivity contribution in [3.05, 3.63) is 29.3 Å². The van der Waals surface area contributed by atoms with E-state index in [1.807, 2.05) is 0 Å². The van der Waals surface area contributed by atoms with Gasteiger partial charge in [0, 0.05) is 18.2 Å². The number of carbonyl (C=O) groups is 1. The molecule has 98 valence electrons. The van der Waals surface area contributed by atoms with Gasteiger partial charge in [-0.25, -0.2) is 0 Å². The van der Waals surface area contributed by atoms with Crippen LogP contribution in [0.1, 0.15) is 30.9 Å². The van der Waals surface area contributed by atoms with Gasteiger partial charge < -0.3 is 10.5 Å². The van der Waals surface area contributed by atoms with Crippen molar-refractivity contribution >= 4 is 12.0 Å². The molecule has 0 bridgehead atoms. The summed E-state index contributed by atoms with van der Waals surface area (Å²) in [4.78, 5) is 13.1. The van der Waals surface area contributed by atoms with Crippen molar-refractivity contribution in [3.63, 3.8) is 0 Å². The number of benzene rings is 1. The average molecular weight is 246 g/mol. The molecule has 0 saturated carbocycles. The molecule has 1 aromatic carbocycles. The zero-order chi connectivity index (χ0) is 13.0. The summed E-state index contributed by atoms with van der Waals surface area (Å²) in [6.45, 7) is 5.09. The van der Waals surface area contributed by atoms with E-state index < -0.39 is 0 Å². The number of aldehydes is 1.